The molecule has 0 spiro atoms. The Morgan fingerprint density at radius 3 is 2.30 bits per heavy atom. The van der Waals surface area contributed by atoms with Crippen molar-refractivity contribution in [2.75, 3.05) is 20.8 Å². The second-order valence-electron chi connectivity index (χ2n) is 6.89. The highest BCUT2D eigenvalue weighted by Crippen LogP contribution is 2.25. The Morgan fingerprint density at radius 2 is 1.63 bits per heavy atom. The van der Waals surface area contributed by atoms with Gasteiger partial charge in [-0.2, -0.15) is 0 Å². The van der Waals surface area contributed by atoms with Crippen LogP contribution in [-0.4, -0.2) is 27.1 Å². The van der Waals surface area contributed by atoms with Crippen LogP contribution in [0.2, 0.25) is 0 Å². The van der Waals surface area contributed by atoms with E-state index in [0.717, 1.165) is 40.2 Å². The molecule has 0 heterocycles. The monoisotopic (exact) mass is 405 g/mol. The maximum atomic E-state index is 11.6. The Balaban J connectivity index is 1.54. The van der Waals surface area contributed by atoms with E-state index in [1.165, 1.54) is 0 Å². The molecule has 30 heavy (non-hydrogen) atoms. The summed E-state index contributed by atoms with van der Waals surface area (Å²) in [5.41, 5.74) is 3.07. The smallest absolute Gasteiger partial charge is 0.128 e. The van der Waals surface area contributed by atoms with Gasteiger partial charge in [0.15, 0.2) is 0 Å². The maximum absolute atomic E-state index is 11.6. The third-order valence-electron chi connectivity index (χ3n) is 4.89. The van der Waals surface area contributed by atoms with Gasteiger partial charge < -0.3 is 24.3 Å². The summed E-state index contributed by atoms with van der Waals surface area (Å²) < 4.78 is 16.5. The van der Waals surface area contributed by atoms with E-state index in [2.05, 4.69) is 5.32 Å². The standard InChI is InChI=1S/C25H27NO4/c1-28-24-13-10-21(25(14-24)29-2)15-26-16-22(17-27)20-8-11-23(12-9-20)30-18-19-6-4-3-5-7-19/h3-14,17,22,26H,15-16,18H2,1-2H3. The third-order valence-corrected chi connectivity index (χ3v) is 4.89. The van der Waals surface area contributed by atoms with Gasteiger partial charge in [-0.25, -0.2) is 0 Å². The molecule has 0 saturated carbocycles. The molecular formula is C25H27NO4. The average Bonchev–Trinajstić information content (AvgIpc) is 2.81. The molecular weight excluding hydrogens is 378 g/mol. The summed E-state index contributed by atoms with van der Waals surface area (Å²) in [5, 5.41) is 3.34. The van der Waals surface area contributed by atoms with Gasteiger partial charge in [0, 0.05) is 24.7 Å². The Labute approximate surface area is 177 Å². The van der Waals surface area contributed by atoms with Gasteiger partial charge in [-0.1, -0.05) is 48.5 Å². The molecule has 0 amide bonds. The van der Waals surface area contributed by atoms with Crippen LogP contribution in [0.4, 0.5) is 0 Å². The molecule has 0 radical (unpaired) electrons. The number of rotatable bonds is 11. The maximum Gasteiger partial charge on any atom is 0.128 e. The molecule has 156 valence electrons. The lowest BCUT2D eigenvalue weighted by Crippen LogP contribution is -2.22. The van der Waals surface area contributed by atoms with Gasteiger partial charge in [0.25, 0.3) is 0 Å². The molecule has 1 atom stereocenters. The van der Waals surface area contributed by atoms with Crippen molar-refractivity contribution in [2.24, 2.45) is 0 Å². The Kier molecular flexibility index (Phi) is 7.86. The van der Waals surface area contributed by atoms with Gasteiger partial charge in [-0.05, 0) is 29.3 Å². The van der Waals surface area contributed by atoms with Crippen molar-refractivity contribution in [1.82, 2.24) is 5.32 Å². The summed E-state index contributed by atoms with van der Waals surface area (Å²) >= 11 is 0. The van der Waals surface area contributed by atoms with Crippen molar-refractivity contribution < 1.29 is 19.0 Å². The van der Waals surface area contributed by atoms with Crippen molar-refractivity contribution in [3.8, 4) is 17.2 Å². The fourth-order valence-electron chi connectivity index (χ4n) is 3.16. The van der Waals surface area contributed by atoms with Crippen LogP contribution in [0.3, 0.4) is 0 Å². The molecule has 5 heteroatoms. The lowest BCUT2D eigenvalue weighted by atomic mass is 10.0. The number of carbonyl (C=O) groups is 1. The average molecular weight is 405 g/mol. The van der Waals surface area contributed by atoms with Gasteiger partial charge in [0.1, 0.15) is 30.1 Å². The zero-order valence-corrected chi connectivity index (χ0v) is 17.3. The molecule has 0 aliphatic carbocycles. The van der Waals surface area contributed by atoms with E-state index in [1.54, 1.807) is 14.2 Å². The van der Waals surface area contributed by atoms with Crippen LogP contribution in [0.25, 0.3) is 0 Å². The van der Waals surface area contributed by atoms with E-state index in [9.17, 15) is 4.79 Å². The second kappa shape index (κ2) is 11.0. The number of methoxy groups -OCH3 is 2. The number of carbonyl (C=O) groups excluding carboxylic acids is 1. The fourth-order valence-corrected chi connectivity index (χ4v) is 3.16. The first-order valence-electron chi connectivity index (χ1n) is 9.87. The topological polar surface area (TPSA) is 56.8 Å². The molecule has 0 aromatic heterocycles. The van der Waals surface area contributed by atoms with Gasteiger partial charge in [0.05, 0.1) is 20.1 Å². The van der Waals surface area contributed by atoms with Gasteiger partial charge in [0.2, 0.25) is 0 Å². The van der Waals surface area contributed by atoms with Crippen LogP contribution in [-0.2, 0) is 17.9 Å². The minimum absolute atomic E-state index is 0.239. The lowest BCUT2D eigenvalue weighted by molar-refractivity contribution is -0.109. The number of benzene rings is 3. The molecule has 3 aromatic carbocycles. The second-order valence-corrected chi connectivity index (χ2v) is 6.89. The molecule has 0 aliphatic rings. The summed E-state index contributed by atoms with van der Waals surface area (Å²) in [4.78, 5) is 11.6. The summed E-state index contributed by atoms with van der Waals surface area (Å²) in [7, 11) is 3.26. The van der Waals surface area contributed by atoms with Crippen LogP contribution in [0.15, 0.2) is 72.8 Å². The predicted molar refractivity (Wildman–Crippen MR) is 117 cm³/mol. The molecule has 3 aromatic rings. The molecule has 0 fully saturated rings. The number of ether oxygens (including phenoxy) is 3. The van der Waals surface area contributed by atoms with Crippen LogP contribution in [0.5, 0.6) is 17.2 Å². The van der Waals surface area contributed by atoms with E-state index in [0.29, 0.717) is 19.7 Å². The zero-order chi connectivity index (χ0) is 21.2. The minimum Gasteiger partial charge on any atom is -0.497 e. The lowest BCUT2D eigenvalue weighted by Gasteiger charge is -2.15. The van der Waals surface area contributed by atoms with Gasteiger partial charge in [-0.3, -0.25) is 0 Å². The first-order valence-corrected chi connectivity index (χ1v) is 9.87. The van der Waals surface area contributed by atoms with Crippen LogP contribution < -0.4 is 19.5 Å². The predicted octanol–water partition coefficient (Wildman–Crippen LogP) is 4.36. The first kappa shape index (κ1) is 21.4. The summed E-state index contributed by atoms with van der Waals surface area (Å²) in [6, 6.07) is 23.4. The van der Waals surface area contributed by atoms with E-state index in [-0.39, 0.29) is 5.92 Å². The van der Waals surface area contributed by atoms with Crippen LogP contribution >= 0.6 is 0 Å². The van der Waals surface area contributed by atoms with Gasteiger partial charge in [-0.15, -0.1) is 0 Å². The highest BCUT2D eigenvalue weighted by molar-refractivity contribution is 5.62. The number of nitrogens with one attached hydrogen (secondary N) is 1. The van der Waals surface area contributed by atoms with Crippen LogP contribution in [0.1, 0.15) is 22.6 Å². The summed E-state index contributed by atoms with van der Waals surface area (Å²) in [5.74, 6) is 2.04. The number of hydrogen-bond donors (Lipinski definition) is 1. The Hall–Kier alpha value is -3.31. The van der Waals surface area contributed by atoms with Crippen molar-refractivity contribution >= 4 is 6.29 Å². The van der Waals surface area contributed by atoms with Crippen molar-refractivity contribution in [2.45, 2.75) is 19.1 Å². The van der Waals surface area contributed by atoms with Crippen molar-refractivity contribution in [1.29, 1.82) is 0 Å². The molecule has 1 unspecified atom stereocenters. The molecule has 0 bridgehead atoms. The van der Waals surface area contributed by atoms with Crippen molar-refractivity contribution in [3.05, 3.63) is 89.5 Å². The normalized spacial score (nSPS) is 11.5. The zero-order valence-electron chi connectivity index (χ0n) is 17.3. The highest BCUT2D eigenvalue weighted by atomic mass is 16.5. The number of hydrogen-bond acceptors (Lipinski definition) is 5. The van der Waals surface area contributed by atoms with E-state index in [1.807, 2.05) is 72.8 Å². The molecule has 0 aliphatic heterocycles. The van der Waals surface area contributed by atoms with Crippen molar-refractivity contribution in [3.63, 3.8) is 0 Å². The summed E-state index contributed by atoms with van der Waals surface area (Å²) in [6.45, 7) is 1.64. The van der Waals surface area contributed by atoms with Gasteiger partial charge >= 0.3 is 0 Å². The summed E-state index contributed by atoms with van der Waals surface area (Å²) in [6.07, 6.45) is 0.970. The Morgan fingerprint density at radius 1 is 0.900 bits per heavy atom. The molecule has 1 N–H and O–H groups in total. The third kappa shape index (κ3) is 5.84. The van der Waals surface area contributed by atoms with E-state index in [4.69, 9.17) is 14.2 Å². The Bertz CT molecular complexity index is 926. The molecule has 5 nitrogen and oxygen atoms in total. The SMILES string of the molecule is COc1ccc(CNCC(C=O)c2ccc(OCc3ccccc3)cc2)c(OC)c1. The first-order chi connectivity index (χ1) is 14.7. The molecule has 3 rings (SSSR count). The largest absolute Gasteiger partial charge is 0.497 e. The van der Waals surface area contributed by atoms with E-state index >= 15 is 0 Å². The quantitative estimate of drug-likeness (QED) is 0.481. The van der Waals surface area contributed by atoms with E-state index < -0.39 is 0 Å². The molecule has 0 saturated heterocycles. The fraction of sp³-hybridized carbons (Fsp3) is 0.240. The van der Waals surface area contributed by atoms with Crippen LogP contribution in [0, 0.1) is 0 Å². The number of aldehydes is 1. The minimum atomic E-state index is -0.239. The highest BCUT2D eigenvalue weighted by Gasteiger charge is 2.12.